The molecule has 2 aromatic heterocycles. The molecule has 3 heterocycles. The first kappa shape index (κ1) is 13.7. The number of amides is 2. The second-order valence-electron chi connectivity index (χ2n) is 5.92. The number of carbonyl (C=O) groups excluding carboxylic acids is 2. The lowest BCUT2D eigenvalue weighted by atomic mass is 9.94. The molecule has 0 aliphatic carbocycles. The van der Waals surface area contributed by atoms with Gasteiger partial charge in [-0.2, -0.15) is 5.10 Å². The van der Waals surface area contributed by atoms with Crippen molar-refractivity contribution in [1.29, 1.82) is 0 Å². The lowest BCUT2D eigenvalue weighted by Gasteiger charge is -2.05. The largest absolute Gasteiger partial charge is 0.361 e. The maximum atomic E-state index is 12.6. The van der Waals surface area contributed by atoms with Crippen molar-refractivity contribution in [2.75, 3.05) is 0 Å². The van der Waals surface area contributed by atoms with Crippen molar-refractivity contribution in [3.63, 3.8) is 0 Å². The van der Waals surface area contributed by atoms with Gasteiger partial charge in [-0.3, -0.25) is 20.0 Å². The molecule has 0 saturated heterocycles. The molecule has 25 heavy (non-hydrogen) atoms. The molecule has 0 bridgehead atoms. The second-order valence-corrected chi connectivity index (χ2v) is 5.92. The average molecular weight is 328 g/mol. The number of para-hydroxylation sites is 1. The van der Waals surface area contributed by atoms with Crippen LogP contribution in [-0.2, 0) is 9.59 Å². The van der Waals surface area contributed by atoms with E-state index in [1.807, 2.05) is 42.5 Å². The van der Waals surface area contributed by atoms with E-state index in [4.69, 9.17) is 0 Å². The fraction of sp³-hybridized carbons (Fsp3) is 0. The minimum Gasteiger partial charge on any atom is -0.361 e. The molecular formula is C19H12N4O2. The number of rotatable bonds is 2. The summed E-state index contributed by atoms with van der Waals surface area (Å²) >= 11 is 0. The summed E-state index contributed by atoms with van der Waals surface area (Å²) in [5.41, 5.74) is 3.90. The molecule has 1 aliphatic heterocycles. The third-order valence-electron chi connectivity index (χ3n) is 4.54. The lowest BCUT2D eigenvalue weighted by Crippen LogP contribution is -2.22. The molecule has 0 fully saturated rings. The van der Waals surface area contributed by atoms with E-state index in [0.29, 0.717) is 16.7 Å². The Morgan fingerprint density at radius 2 is 1.52 bits per heavy atom. The third kappa shape index (κ3) is 1.88. The van der Waals surface area contributed by atoms with Gasteiger partial charge in [0, 0.05) is 28.0 Å². The lowest BCUT2D eigenvalue weighted by molar-refractivity contribution is -0.122. The molecule has 0 radical (unpaired) electrons. The van der Waals surface area contributed by atoms with Crippen LogP contribution < -0.4 is 5.32 Å². The predicted molar refractivity (Wildman–Crippen MR) is 94.4 cm³/mol. The number of imide groups is 1. The minimum absolute atomic E-state index is 0.377. The smallest absolute Gasteiger partial charge is 0.259 e. The summed E-state index contributed by atoms with van der Waals surface area (Å²) in [6, 6.07) is 13.2. The monoisotopic (exact) mass is 328 g/mol. The second kappa shape index (κ2) is 4.91. The highest BCUT2D eigenvalue weighted by atomic mass is 16.2. The fourth-order valence-corrected chi connectivity index (χ4v) is 3.43. The van der Waals surface area contributed by atoms with Gasteiger partial charge < -0.3 is 4.98 Å². The third-order valence-corrected chi connectivity index (χ3v) is 4.54. The van der Waals surface area contributed by atoms with Gasteiger partial charge in [-0.25, -0.2) is 0 Å². The molecule has 5 rings (SSSR count). The van der Waals surface area contributed by atoms with E-state index in [1.165, 1.54) is 0 Å². The standard InChI is InChI=1S/C19H12N4O2/c24-18-16(11-5-3-7-15-12(11)9-21-23-15)17(19(25)22-18)13-8-20-14-6-2-1-4-10(13)14/h1-9,20H,(H,21,23)(H,22,24,25). The number of fused-ring (bicyclic) bond motifs is 2. The summed E-state index contributed by atoms with van der Waals surface area (Å²) in [6.45, 7) is 0. The number of nitrogens with one attached hydrogen (secondary N) is 3. The van der Waals surface area contributed by atoms with Gasteiger partial charge in [0.05, 0.1) is 22.9 Å². The quantitative estimate of drug-likeness (QED) is 0.494. The van der Waals surface area contributed by atoms with Gasteiger partial charge in [0.25, 0.3) is 11.8 Å². The molecule has 0 spiro atoms. The number of nitrogens with zero attached hydrogens (tertiary/aromatic N) is 1. The van der Waals surface area contributed by atoms with Crippen LogP contribution in [-0.4, -0.2) is 27.0 Å². The van der Waals surface area contributed by atoms with Crippen LogP contribution in [0, 0.1) is 0 Å². The summed E-state index contributed by atoms with van der Waals surface area (Å²) in [7, 11) is 0. The van der Waals surface area contributed by atoms with E-state index in [1.54, 1.807) is 12.4 Å². The summed E-state index contributed by atoms with van der Waals surface area (Å²) in [4.78, 5) is 28.3. The first-order valence-corrected chi connectivity index (χ1v) is 7.83. The Morgan fingerprint density at radius 3 is 2.40 bits per heavy atom. The van der Waals surface area contributed by atoms with Crippen molar-refractivity contribution in [1.82, 2.24) is 20.5 Å². The fourth-order valence-electron chi connectivity index (χ4n) is 3.43. The summed E-state index contributed by atoms with van der Waals surface area (Å²) in [5, 5.41) is 11.1. The molecule has 120 valence electrons. The highest BCUT2D eigenvalue weighted by molar-refractivity contribution is 6.50. The molecule has 0 saturated carbocycles. The van der Waals surface area contributed by atoms with Gasteiger partial charge >= 0.3 is 0 Å². The number of aromatic nitrogens is 3. The Bertz CT molecular complexity index is 1210. The Morgan fingerprint density at radius 1 is 0.760 bits per heavy atom. The number of carbonyl (C=O) groups is 2. The van der Waals surface area contributed by atoms with Crippen molar-refractivity contribution in [3.8, 4) is 0 Å². The minimum atomic E-state index is -0.390. The van der Waals surface area contributed by atoms with Crippen LogP contribution in [0.3, 0.4) is 0 Å². The number of H-pyrrole nitrogens is 2. The van der Waals surface area contributed by atoms with Crippen LogP contribution in [0.5, 0.6) is 0 Å². The Labute approximate surface area is 141 Å². The van der Waals surface area contributed by atoms with Crippen LogP contribution in [0.4, 0.5) is 0 Å². The van der Waals surface area contributed by atoms with E-state index in [0.717, 1.165) is 27.4 Å². The van der Waals surface area contributed by atoms with Crippen LogP contribution >= 0.6 is 0 Å². The topological polar surface area (TPSA) is 90.6 Å². The van der Waals surface area contributed by atoms with Crippen LogP contribution in [0.15, 0.2) is 54.9 Å². The first-order valence-electron chi connectivity index (χ1n) is 7.83. The molecule has 0 atom stereocenters. The van der Waals surface area contributed by atoms with Crippen molar-refractivity contribution in [2.45, 2.75) is 0 Å². The van der Waals surface area contributed by atoms with Crippen molar-refractivity contribution in [2.24, 2.45) is 0 Å². The molecule has 2 aromatic carbocycles. The number of aromatic amines is 2. The number of hydrogen-bond donors (Lipinski definition) is 3. The van der Waals surface area contributed by atoms with Gasteiger partial charge in [0.15, 0.2) is 0 Å². The van der Waals surface area contributed by atoms with Crippen molar-refractivity contribution in [3.05, 3.63) is 66.0 Å². The van der Waals surface area contributed by atoms with E-state index < -0.39 is 0 Å². The summed E-state index contributed by atoms with van der Waals surface area (Å²) in [5.74, 6) is -0.774. The molecule has 1 aliphatic rings. The highest BCUT2D eigenvalue weighted by Crippen LogP contribution is 2.36. The molecular weight excluding hydrogens is 316 g/mol. The Kier molecular flexibility index (Phi) is 2.70. The Balaban J connectivity index is 1.87. The molecule has 3 N–H and O–H groups in total. The molecule has 2 amide bonds. The maximum absolute atomic E-state index is 12.6. The van der Waals surface area contributed by atoms with E-state index >= 15 is 0 Å². The SMILES string of the molecule is O=C1NC(=O)C(c2cccc3[nH]ncc23)=C1c1c[nH]c2ccccc12. The number of benzene rings is 2. The zero-order chi connectivity index (χ0) is 17.0. The highest BCUT2D eigenvalue weighted by Gasteiger charge is 2.34. The van der Waals surface area contributed by atoms with E-state index in [9.17, 15) is 9.59 Å². The normalized spacial score (nSPS) is 14.7. The van der Waals surface area contributed by atoms with Crippen LogP contribution in [0.1, 0.15) is 11.1 Å². The van der Waals surface area contributed by atoms with E-state index in [-0.39, 0.29) is 11.8 Å². The first-order chi connectivity index (χ1) is 12.2. The van der Waals surface area contributed by atoms with Gasteiger partial charge in [0.1, 0.15) is 0 Å². The zero-order valence-corrected chi connectivity index (χ0v) is 13.0. The van der Waals surface area contributed by atoms with Crippen LogP contribution in [0.25, 0.3) is 33.0 Å². The summed E-state index contributed by atoms with van der Waals surface area (Å²) < 4.78 is 0. The van der Waals surface area contributed by atoms with Gasteiger partial charge in [-0.05, 0) is 17.7 Å². The van der Waals surface area contributed by atoms with E-state index in [2.05, 4.69) is 20.5 Å². The van der Waals surface area contributed by atoms with Gasteiger partial charge in [-0.1, -0.05) is 30.3 Å². The van der Waals surface area contributed by atoms with Gasteiger partial charge in [0.2, 0.25) is 0 Å². The molecule has 4 aromatic rings. The van der Waals surface area contributed by atoms with Crippen molar-refractivity contribution < 1.29 is 9.59 Å². The van der Waals surface area contributed by atoms with Crippen molar-refractivity contribution >= 4 is 44.8 Å². The summed E-state index contributed by atoms with van der Waals surface area (Å²) in [6.07, 6.45) is 3.44. The molecule has 0 unspecified atom stereocenters. The van der Waals surface area contributed by atoms with Gasteiger partial charge in [-0.15, -0.1) is 0 Å². The predicted octanol–water partition coefficient (Wildman–Crippen LogP) is 2.61. The Hall–Kier alpha value is -3.67. The molecule has 6 nitrogen and oxygen atoms in total. The number of hydrogen-bond acceptors (Lipinski definition) is 3. The average Bonchev–Trinajstić information content (AvgIpc) is 3.31. The maximum Gasteiger partial charge on any atom is 0.259 e. The van der Waals surface area contributed by atoms with Crippen LogP contribution in [0.2, 0.25) is 0 Å². The zero-order valence-electron chi connectivity index (χ0n) is 13.0. The molecule has 6 heteroatoms.